The SMILES string of the molecule is CO[Si](O)(OC)C(N)C(=O)Oc1c(F)c(F)c(F)c(F)c1F. The van der Waals surface area contributed by atoms with E-state index in [0.717, 1.165) is 14.2 Å². The highest BCUT2D eigenvalue weighted by molar-refractivity contribution is 6.64. The molecular formula is C10H10F5NO5Si. The van der Waals surface area contributed by atoms with Crippen molar-refractivity contribution in [2.45, 2.75) is 5.67 Å². The van der Waals surface area contributed by atoms with E-state index in [1.54, 1.807) is 0 Å². The Kier molecular flexibility index (Phi) is 5.58. The largest absolute Gasteiger partial charge is 0.527 e. The van der Waals surface area contributed by atoms with Gasteiger partial charge in [0, 0.05) is 14.2 Å². The van der Waals surface area contributed by atoms with Gasteiger partial charge in [0.2, 0.25) is 34.8 Å². The third kappa shape index (κ3) is 3.10. The van der Waals surface area contributed by atoms with Crippen LogP contribution >= 0.6 is 0 Å². The van der Waals surface area contributed by atoms with E-state index in [1.807, 2.05) is 0 Å². The van der Waals surface area contributed by atoms with Crippen molar-refractivity contribution in [3.05, 3.63) is 29.1 Å². The Morgan fingerprint density at radius 1 is 1.00 bits per heavy atom. The number of carbonyl (C=O) groups excluding carboxylic acids is 1. The third-order valence-electron chi connectivity index (χ3n) is 2.60. The normalized spacial score (nSPS) is 13.1. The van der Waals surface area contributed by atoms with Gasteiger partial charge in [-0.3, -0.25) is 0 Å². The molecule has 12 heteroatoms. The Balaban J connectivity index is 3.19. The predicted molar refractivity (Wildman–Crippen MR) is 61.8 cm³/mol. The highest BCUT2D eigenvalue weighted by Gasteiger charge is 2.49. The molecule has 0 heterocycles. The van der Waals surface area contributed by atoms with Crippen LogP contribution in [-0.2, 0) is 13.6 Å². The molecule has 0 saturated carbocycles. The third-order valence-corrected chi connectivity index (χ3v) is 4.80. The number of hydrogen-bond acceptors (Lipinski definition) is 6. The monoisotopic (exact) mass is 347 g/mol. The molecule has 0 fully saturated rings. The fraction of sp³-hybridized carbons (Fsp3) is 0.300. The molecule has 0 aliphatic rings. The Bertz CT molecular complexity index is 569. The van der Waals surface area contributed by atoms with Crippen LogP contribution in [0.25, 0.3) is 0 Å². The fourth-order valence-electron chi connectivity index (χ4n) is 1.32. The number of hydrogen-bond donors (Lipinski definition) is 2. The molecule has 1 rings (SSSR count). The summed E-state index contributed by atoms with van der Waals surface area (Å²) in [6.45, 7) is 0. The predicted octanol–water partition coefficient (Wildman–Crippen LogP) is 0.378. The maximum atomic E-state index is 13.3. The van der Waals surface area contributed by atoms with Crippen LogP contribution in [0.5, 0.6) is 5.75 Å². The smallest absolute Gasteiger partial charge is 0.419 e. The van der Waals surface area contributed by atoms with Crippen LogP contribution in [0.2, 0.25) is 0 Å². The van der Waals surface area contributed by atoms with Crippen molar-refractivity contribution in [2.24, 2.45) is 5.73 Å². The Hall–Kier alpha value is -1.60. The van der Waals surface area contributed by atoms with Gasteiger partial charge in [-0.05, 0) is 0 Å². The second-order valence-electron chi connectivity index (χ2n) is 3.84. The Labute approximate surface area is 121 Å². The molecule has 124 valence electrons. The molecule has 0 saturated heterocycles. The van der Waals surface area contributed by atoms with E-state index in [1.165, 1.54) is 0 Å². The molecule has 1 aromatic carbocycles. The minimum absolute atomic E-state index is 0.932. The lowest BCUT2D eigenvalue weighted by Crippen LogP contribution is -2.62. The van der Waals surface area contributed by atoms with Crippen molar-refractivity contribution in [2.75, 3.05) is 14.2 Å². The van der Waals surface area contributed by atoms with Gasteiger partial charge in [0.05, 0.1) is 0 Å². The van der Waals surface area contributed by atoms with Gasteiger partial charge in [0.1, 0.15) is 0 Å². The first kappa shape index (κ1) is 18.4. The van der Waals surface area contributed by atoms with Crippen LogP contribution in [0, 0.1) is 29.1 Å². The van der Waals surface area contributed by atoms with E-state index in [4.69, 9.17) is 5.73 Å². The topological polar surface area (TPSA) is 91.0 Å². The van der Waals surface area contributed by atoms with Crippen LogP contribution < -0.4 is 10.5 Å². The molecular weight excluding hydrogens is 337 g/mol. The number of benzene rings is 1. The second-order valence-corrected chi connectivity index (χ2v) is 6.54. The zero-order valence-electron chi connectivity index (χ0n) is 11.1. The highest BCUT2D eigenvalue weighted by atomic mass is 28.4. The van der Waals surface area contributed by atoms with Crippen molar-refractivity contribution in [1.82, 2.24) is 0 Å². The van der Waals surface area contributed by atoms with Gasteiger partial charge in [-0.15, -0.1) is 0 Å². The van der Waals surface area contributed by atoms with Gasteiger partial charge in [-0.25, -0.2) is 18.0 Å². The molecule has 1 atom stereocenters. The molecule has 1 unspecified atom stereocenters. The number of nitrogens with two attached hydrogens (primary N) is 1. The van der Waals surface area contributed by atoms with Crippen molar-refractivity contribution < 1.29 is 45.1 Å². The van der Waals surface area contributed by atoms with E-state index in [9.17, 15) is 31.5 Å². The first-order chi connectivity index (χ1) is 10.1. The average Bonchev–Trinajstić information content (AvgIpc) is 2.53. The van der Waals surface area contributed by atoms with E-state index < -0.39 is 55.3 Å². The van der Waals surface area contributed by atoms with Crippen LogP contribution in [-0.4, -0.2) is 39.5 Å². The summed E-state index contributed by atoms with van der Waals surface area (Å²) < 4.78 is 78.4. The molecule has 3 N–H and O–H groups in total. The molecule has 1 aromatic rings. The molecule has 0 radical (unpaired) electrons. The van der Waals surface area contributed by atoms with Crippen LogP contribution in [0.3, 0.4) is 0 Å². The van der Waals surface area contributed by atoms with E-state index >= 15 is 0 Å². The lowest BCUT2D eigenvalue weighted by molar-refractivity contribution is -0.135. The first-order valence-corrected chi connectivity index (χ1v) is 7.26. The molecule has 0 aliphatic heterocycles. The highest BCUT2D eigenvalue weighted by Crippen LogP contribution is 2.29. The second kappa shape index (κ2) is 6.66. The maximum absolute atomic E-state index is 13.3. The molecule has 0 aromatic heterocycles. The van der Waals surface area contributed by atoms with Gasteiger partial charge < -0.3 is 24.1 Å². The summed E-state index contributed by atoms with van der Waals surface area (Å²) in [7, 11) is -2.43. The zero-order valence-corrected chi connectivity index (χ0v) is 12.1. The maximum Gasteiger partial charge on any atom is 0.527 e. The minimum Gasteiger partial charge on any atom is -0.419 e. The number of esters is 1. The van der Waals surface area contributed by atoms with E-state index in [0.29, 0.717) is 0 Å². The lowest BCUT2D eigenvalue weighted by atomic mass is 10.2. The summed E-state index contributed by atoms with van der Waals surface area (Å²) in [5, 5.41) is 0. The van der Waals surface area contributed by atoms with Crippen LogP contribution in [0.4, 0.5) is 22.0 Å². The molecule has 6 nitrogen and oxygen atoms in total. The zero-order chi connectivity index (χ0) is 17.2. The van der Waals surface area contributed by atoms with Gasteiger partial charge >= 0.3 is 14.8 Å². The standard InChI is InChI=1S/C10H10F5NO5Si/c1-19-22(18,20-2)9(16)10(17)21-8-6(14)4(12)3(11)5(13)7(8)15/h9,18H,16H2,1-2H3. The first-order valence-electron chi connectivity index (χ1n) is 5.42. The summed E-state index contributed by atoms with van der Waals surface area (Å²) in [5.74, 6) is -15.3. The number of halogens is 5. The van der Waals surface area contributed by atoms with Gasteiger partial charge in [-0.1, -0.05) is 0 Å². The summed E-state index contributed by atoms with van der Waals surface area (Å²) >= 11 is 0. The van der Waals surface area contributed by atoms with Crippen molar-refractivity contribution >= 4 is 14.8 Å². The quantitative estimate of drug-likeness (QED) is 0.200. The number of rotatable bonds is 5. The fourth-order valence-corrected chi connectivity index (χ4v) is 2.36. The number of carbonyl (C=O) groups is 1. The molecule has 22 heavy (non-hydrogen) atoms. The lowest BCUT2D eigenvalue weighted by Gasteiger charge is -2.24. The molecule has 0 amide bonds. The van der Waals surface area contributed by atoms with Gasteiger partial charge in [0.25, 0.3) is 0 Å². The van der Waals surface area contributed by atoms with Gasteiger partial charge in [-0.2, -0.15) is 8.78 Å². The Morgan fingerprint density at radius 3 is 1.73 bits per heavy atom. The van der Waals surface area contributed by atoms with Crippen LogP contribution in [0.15, 0.2) is 0 Å². The van der Waals surface area contributed by atoms with E-state index in [2.05, 4.69) is 13.6 Å². The summed E-state index contributed by atoms with van der Waals surface area (Å²) in [5.41, 5.74) is 3.22. The number of ether oxygens (including phenoxy) is 1. The average molecular weight is 347 g/mol. The molecule has 0 spiro atoms. The minimum atomic E-state index is -4.29. The summed E-state index contributed by atoms with van der Waals surface area (Å²) in [4.78, 5) is 21.3. The van der Waals surface area contributed by atoms with E-state index in [-0.39, 0.29) is 0 Å². The Morgan fingerprint density at radius 2 is 1.36 bits per heavy atom. The van der Waals surface area contributed by atoms with Crippen LogP contribution in [0.1, 0.15) is 0 Å². The molecule has 0 aliphatic carbocycles. The van der Waals surface area contributed by atoms with Crippen molar-refractivity contribution in [1.29, 1.82) is 0 Å². The van der Waals surface area contributed by atoms with Crippen molar-refractivity contribution in [3.63, 3.8) is 0 Å². The van der Waals surface area contributed by atoms with Crippen molar-refractivity contribution in [3.8, 4) is 5.75 Å². The summed E-state index contributed by atoms with van der Waals surface area (Å²) in [6.07, 6.45) is 0. The molecule has 0 bridgehead atoms. The summed E-state index contributed by atoms with van der Waals surface area (Å²) in [6, 6.07) is 0. The van der Waals surface area contributed by atoms with Gasteiger partial charge in [0.15, 0.2) is 5.67 Å².